The number of anilines is 2. The summed E-state index contributed by atoms with van der Waals surface area (Å²) in [6.07, 6.45) is 8.09. The Bertz CT molecular complexity index is 1660. The van der Waals surface area contributed by atoms with Crippen molar-refractivity contribution in [2.24, 2.45) is 0 Å². The van der Waals surface area contributed by atoms with Crippen molar-refractivity contribution >= 4 is 51.3 Å². The van der Waals surface area contributed by atoms with Gasteiger partial charge < -0.3 is 15.2 Å². The fourth-order valence-corrected chi connectivity index (χ4v) is 6.81. The average Bonchev–Trinajstić information content (AvgIpc) is 3.60. The van der Waals surface area contributed by atoms with Crippen LogP contribution < -0.4 is 15.5 Å². The molecule has 4 atom stereocenters. The number of halogens is 1. The van der Waals surface area contributed by atoms with Crippen molar-refractivity contribution < 1.29 is 9.59 Å². The minimum Gasteiger partial charge on any atom is -0.379 e. The van der Waals surface area contributed by atoms with E-state index < -0.39 is 11.4 Å². The standard InChI is InChI=1S/C32H27ClN4O2/c33-30-27(29-28(31(38)36-32(29)39)24-18-34-25-12-6-4-10-22(24)25)23-11-5-7-13-26(23)37(30)21-16-14-20(15-17-21)35-19-8-2-1-3-9-19/h1-14,16,18,20-21,27,30,34-35H,15,17H2,(H,36,38,39)/t20-,21?,27?,30?/m0/s1. The van der Waals surface area contributed by atoms with E-state index in [-0.39, 0.29) is 23.9 Å². The number of imide groups is 1. The number of hydrogen-bond donors (Lipinski definition) is 3. The first-order valence-corrected chi connectivity index (χ1v) is 13.7. The summed E-state index contributed by atoms with van der Waals surface area (Å²) in [4.78, 5) is 32.0. The lowest BCUT2D eigenvalue weighted by molar-refractivity contribution is -0.123. The van der Waals surface area contributed by atoms with Crippen molar-refractivity contribution in [3.8, 4) is 0 Å². The molecule has 2 aliphatic heterocycles. The number of fused-ring (bicyclic) bond motifs is 2. The Hall–Kier alpha value is -4.29. The van der Waals surface area contributed by atoms with E-state index in [0.29, 0.717) is 11.1 Å². The molecule has 7 rings (SSSR count). The van der Waals surface area contributed by atoms with Gasteiger partial charge in [-0.3, -0.25) is 14.9 Å². The largest absolute Gasteiger partial charge is 0.379 e. The Labute approximate surface area is 231 Å². The first-order valence-electron chi connectivity index (χ1n) is 13.3. The van der Waals surface area contributed by atoms with Crippen molar-refractivity contribution in [3.05, 3.63) is 114 Å². The van der Waals surface area contributed by atoms with Gasteiger partial charge in [0.25, 0.3) is 11.8 Å². The predicted molar refractivity (Wildman–Crippen MR) is 156 cm³/mol. The number of benzene rings is 3. The lowest BCUT2D eigenvalue weighted by atomic mass is 9.87. The summed E-state index contributed by atoms with van der Waals surface area (Å²) in [6.45, 7) is 0. The van der Waals surface area contributed by atoms with E-state index in [4.69, 9.17) is 11.6 Å². The molecule has 3 N–H and O–H groups in total. The van der Waals surface area contributed by atoms with E-state index >= 15 is 0 Å². The second-order valence-electron chi connectivity index (χ2n) is 10.3. The Morgan fingerprint density at radius 1 is 0.846 bits per heavy atom. The van der Waals surface area contributed by atoms with Crippen LogP contribution in [0.5, 0.6) is 0 Å². The number of amides is 2. The lowest BCUT2D eigenvalue weighted by Crippen LogP contribution is -2.41. The highest BCUT2D eigenvalue weighted by Gasteiger charge is 2.48. The van der Waals surface area contributed by atoms with Gasteiger partial charge in [0.2, 0.25) is 0 Å². The number of nitrogens with one attached hydrogen (secondary N) is 3. The van der Waals surface area contributed by atoms with E-state index in [1.807, 2.05) is 66.9 Å². The molecule has 3 unspecified atom stereocenters. The van der Waals surface area contributed by atoms with Crippen LogP contribution in [0, 0.1) is 0 Å². The second kappa shape index (κ2) is 9.47. The highest BCUT2D eigenvalue weighted by molar-refractivity contribution is 6.38. The topological polar surface area (TPSA) is 77.2 Å². The SMILES string of the molecule is O=C1NC(=O)C(C2c3ccccc3N(C3C=C[C@H](Nc4ccccc4)CC3)C2Cl)=C1c1c[nH]c2ccccc12. The molecule has 6 nitrogen and oxygen atoms in total. The monoisotopic (exact) mass is 534 g/mol. The smallest absolute Gasteiger partial charge is 0.259 e. The molecule has 3 heterocycles. The summed E-state index contributed by atoms with van der Waals surface area (Å²) in [5.41, 5.74) is 5.00. The van der Waals surface area contributed by atoms with Gasteiger partial charge in [-0.2, -0.15) is 0 Å². The predicted octanol–water partition coefficient (Wildman–Crippen LogP) is 5.95. The number of carbonyl (C=O) groups is 2. The van der Waals surface area contributed by atoms with E-state index in [9.17, 15) is 9.59 Å². The Morgan fingerprint density at radius 3 is 2.44 bits per heavy atom. The van der Waals surface area contributed by atoms with Gasteiger partial charge in [0.05, 0.1) is 11.5 Å². The highest BCUT2D eigenvalue weighted by Crippen LogP contribution is 2.51. The average molecular weight is 535 g/mol. The van der Waals surface area contributed by atoms with Gasteiger partial charge in [-0.15, -0.1) is 0 Å². The molecule has 0 bridgehead atoms. The second-order valence-corrected chi connectivity index (χ2v) is 10.7. The van der Waals surface area contributed by atoms with Crippen molar-refractivity contribution in [3.63, 3.8) is 0 Å². The van der Waals surface area contributed by atoms with Crippen molar-refractivity contribution in [2.75, 3.05) is 10.2 Å². The van der Waals surface area contributed by atoms with Crippen LogP contribution in [0.4, 0.5) is 11.4 Å². The zero-order valence-electron chi connectivity index (χ0n) is 21.1. The number of para-hydroxylation sites is 3. The van der Waals surface area contributed by atoms with Crippen molar-refractivity contribution in [1.82, 2.24) is 10.3 Å². The minimum atomic E-state index is -0.525. The molecule has 3 aromatic carbocycles. The molecule has 0 spiro atoms. The van der Waals surface area contributed by atoms with Crippen LogP contribution in [0.15, 0.2) is 103 Å². The number of aromatic amines is 1. The summed E-state index contributed by atoms with van der Waals surface area (Å²) in [5, 5.41) is 7.04. The maximum Gasteiger partial charge on any atom is 0.259 e. The number of carbonyl (C=O) groups excluding carboxylic acids is 2. The maximum absolute atomic E-state index is 13.4. The zero-order chi connectivity index (χ0) is 26.5. The number of rotatable bonds is 5. The number of hydrogen-bond acceptors (Lipinski definition) is 4. The number of alkyl halides is 1. The summed E-state index contributed by atoms with van der Waals surface area (Å²) in [5.74, 6) is -1.21. The van der Waals surface area contributed by atoms with Crippen LogP contribution in [0.2, 0.25) is 0 Å². The molecule has 0 fully saturated rings. The molecule has 4 aromatic rings. The molecule has 1 aliphatic carbocycles. The van der Waals surface area contributed by atoms with E-state index in [1.54, 1.807) is 0 Å². The van der Waals surface area contributed by atoms with Crippen LogP contribution in [0.25, 0.3) is 16.5 Å². The van der Waals surface area contributed by atoms with Crippen molar-refractivity contribution in [2.45, 2.75) is 36.3 Å². The summed E-state index contributed by atoms with van der Waals surface area (Å²) in [6, 6.07) is 26.4. The van der Waals surface area contributed by atoms with Crippen LogP contribution in [-0.4, -0.2) is 34.4 Å². The molecule has 194 valence electrons. The molecular formula is C32H27ClN4O2. The van der Waals surface area contributed by atoms with Gasteiger partial charge in [0.15, 0.2) is 0 Å². The Kier molecular flexibility index (Phi) is 5.78. The first-order chi connectivity index (χ1) is 19.1. The zero-order valence-corrected chi connectivity index (χ0v) is 21.9. The molecule has 39 heavy (non-hydrogen) atoms. The quantitative estimate of drug-likeness (QED) is 0.128. The molecule has 7 heteroatoms. The van der Waals surface area contributed by atoms with Gasteiger partial charge in [-0.25, -0.2) is 0 Å². The van der Waals surface area contributed by atoms with Crippen LogP contribution in [0.1, 0.15) is 29.9 Å². The van der Waals surface area contributed by atoms with E-state index in [1.165, 1.54) is 0 Å². The summed E-state index contributed by atoms with van der Waals surface area (Å²) < 4.78 is 0. The molecule has 1 aromatic heterocycles. The lowest BCUT2D eigenvalue weighted by Gasteiger charge is -2.36. The molecule has 0 radical (unpaired) electrons. The van der Waals surface area contributed by atoms with Gasteiger partial charge >= 0.3 is 0 Å². The third kappa shape index (κ3) is 3.94. The Balaban J connectivity index is 1.26. The number of aromatic nitrogens is 1. The van der Waals surface area contributed by atoms with Crippen LogP contribution in [0.3, 0.4) is 0 Å². The normalized spacial score (nSPS) is 24.4. The van der Waals surface area contributed by atoms with Gasteiger partial charge in [0, 0.05) is 51.7 Å². The third-order valence-corrected chi connectivity index (χ3v) is 8.51. The first kappa shape index (κ1) is 23.8. The molecule has 3 aliphatic rings. The number of nitrogens with zero attached hydrogens (tertiary/aromatic N) is 1. The molecule has 0 saturated heterocycles. The maximum atomic E-state index is 13.4. The molecular weight excluding hydrogens is 508 g/mol. The highest BCUT2D eigenvalue weighted by atomic mass is 35.5. The van der Waals surface area contributed by atoms with Gasteiger partial charge in [0.1, 0.15) is 5.50 Å². The summed E-state index contributed by atoms with van der Waals surface area (Å²) >= 11 is 7.29. The van der Waals surface area contributed by atoms with Crippen molar-refractivity contribution in [1.29, 1.82) is 0 Å². The number of H-pyrrole nitrogens is 1. The summed E-state index contributed by atoms with van der Waals surface area (Å²) in [7, 11) is 0. The fraction of sp³-hybridized carbons (Fsp3) is 0.188. The van der Waals surface area contributed by atoms with Gasteiger partial charge in [-0.1, -0.05) is 78.4 Å². The molecule has 0 saturated carbocycles. The van der Waals surface area contributed by atoms with Gasteiger partial charge in [-0.05, 0) is 42.7 Å². The van der Waals surface area contributed by atoms with Crippen LogP contribution >= 0.6 is 11.6 Å². The third-order valence-electron chi connectivity index (χ3n) is 8.05. The van der Waals surface area contributed by atoms with Crippen LogP contribution in [-0.2, 0) is 9.59 Å². The minimum absolute atomic E-state index is 0.0739. The Morgan fingerprint density at radius 2 is 1.62 bits per heavy atom. The van der Waals surface area contributed by atoms with E-state index in [0.717, 1.165) is 46.2 Å². The fourth-order valence-electron chi connectivity index (χ4n) is 6.30. The molecule has 2 amide bonds. The van der Waals surface area contributed by atoms with E-state index in [2.05, 4.69) is 50.9 Å².